The lowest BCUT2D eigenvalue weighted by atomic mass is 9.92. The van der Waals surface area contributed by atoms with E-state index in [2.05, 4.69) is 29.9 Å². The molecule has 0 bridgehead atoms. The quantitative estimate of drug-likeness (QED) is 0.574. The van der Waals surface area contributed by atoms with E-state index in [9.17, 15) is 4.79 Å². The molecule has 0 aliphatic carbocycles. The number of nitrogens with two attached hydrogens (primary N) is 1. The van der Waals surface area contributed by atoms with Gasteiger partial charge in [0.05, 0.1) is 6.04 Å². The SMILES string of the molecule is C=C(CCC)SC(=NC)Nc1cccc(C2CCN(C(=O)[C@@H](C)N)CC2)n1. The van der Waals surface area contributed by atoms with Gasteiger partial charge in [0.15, 0.2) is 5.17 Å². The standard InChI is InChI=1S/C20H31N5OS/c1-5-7-14(2)27-20(22-4)24-18-9-6-8-17(23-18)16-10-12-25(13-11-16)19(26)15(3)21/h6,8-9,15-16H,2,5,7,10-13,21H2,1,3-4H3,(H,22,23,24)/t15-/m1/s1. The fraction of sp³-hybridized carbons (Fsp3) is 0.550. The van der Waals surface area contributed by atoms with Gasteiger partial charge in [0.1, 0.15) is 5.82 Å². The third-order valence-electron chi connectivity index (χ3n) is 4.59. The minimum atomic E-state index is -0.432. The molecule has 7 heteroatoms. The van der Waals surface area contributed by atoms with Crippen LogP contribution in [-0.2, 0) is 4.79 Å². The highest BCUT2D eigenvalue weighted by Gasteiger charge is 2.26. The molecule has 0 aromatic carbocycles. The normalized spacial score (nSPS) is 16.9. The van der Waals surface area contributed by atoms with E-state index < -0.39 is 6.04 Å². The average molecular weight is 390 g/mol. The van der Waals surface area contributed by atoms with Crippen molar-refractivity contribution in [1.29, 1.82) is 0 Å². The lowest BCUT2D eigenvalue weighted by Gasteiger charge is -2.32. The van der Waals surface area contributed by atoms with Crippen LogP contribution in [0.5, 0.6) is 0 Å². The number of pyridine rings is 1. The van der Waals surface area contributed by atoms with Gasteiger partial charge >= 0.3 is 0 Å². The van der Waals surface area contributed by atoms with Crippen LogP contribution >= 0.6 is 11.8 Å². The number of aromatic nitrogens is 1. The van der Waals surface area contributed by atoms with Crippen molar-refractivity contribution in [1.82, 2.24) is 9.88 Å². The van der Waals surface area contributed by atoms with Gasteiger partial charge in [-0.1, -0.05) is 37.8 Å². The predicted octanol–water partition coefficient (Wildman–Crippen LogP) is 3.58. The van der Waals surface area contributed by atoms with E-state index in [0.29, 0.717) is 5.92 Å². The van der Waals surface area contributed by atoms with Gasteiger partial charge in [-0.2, -0.15) is 0 Å². The molecule has 1 fully saturated rings. The number of rotatable bonds is 6. The summed E-state index contributed by atoms with van der Waals surface area (Å²) in [5.41, 5.74) is 6.77. The fourth-order valence-electron chi connectivity index (χ4n) is 3.14. The first-order chi connectivity index (χ1) is 12.9. The molecule has 3 N–H and O–H groups in total. The molecular formula is C20H31N5OS. The summed E-state index contributed by atoms with van der Waals surface area (Å²) < 4.78 is 0. The van der Waals surface area contributed by atoms with Crippen molar-refractivity contribution in [3.8, 4) is 0 Å². The molecule has 2 rings (SSSR count). The van der Waals surface area contributed by atoms with Crippen LogP contribution < -0.4 is 11.1 Å². The van der Waals surface area contributed by atoms with Crippen LogP contribution in [0.4, 0.5) is 5.82 Å². The number of piperidine rings is 1. The Hall–Kier alpha value is -1.86. The van der Waals surface area contributed by atoms with E-state index in [0.717, 1.165) is 60.4 Å². The smallest absolute Gasteiger partial charge is 0.239 e. The first-order valence-corrected chi connectivity index (χ1v) is 10.4. The fourth-order valence-corrected chi connectivity index (χ4v) is 3.96. The number of hydrogen-bond donors (Lipinski definition) is 2. The Balaban J connectivity index is 1.97. The van der Waals surface area contributed by atoms with Crippen LogP contribution in [-0.4, -0.2) is 47.1 Å². The van der Waals surface area contributed by atoms with E-state index in [1.54, 1.807) is 25.7 Å². The van der Waals surface area contributed by atoms with E-state index in [-0.39, 0.29) is 5.91 Å². The van der Waals surface area contributed by atoms with E-state index in [1.807, 2.05) is 17.0 Å². The number of hydrogen-bond acceptors (Lipinski definition) is 5. The molecular weight excluding hydrogens is 358 g/mol. The Morgan fingerprint density at radius 3 is 2.78 bits per heavy atom. The highest BCUT2D eigenvalue weighted by Crippen LogP contribution is 2.28. The van der Waals surface area contributed by atoms with Crippen molar-refractivity contribution >= 4 is 28.7 Å². The van der Waals surface area contributed by atoms with Gasteiger partial charge in [-0.3, -0.25) is 9.79 Å². The van der Waals surface area contributed by atoms with Gasteiger partial charge in [0.25, 0.3) is 0 Å². The van der Waals surface area contributed by atoms with Gasteiger partial charge < -0.3 is 16.0 Å². The van der Waals surface area contributed by atoms with Gasteiger partial charge in [-0.25, -0.2) is 4.98 Å². The molecule has 6 nitrogen and oxygen atoms in total. The van der Waals surface area contributed by atoms with Crippen molar-refractivity contribution in [2.45, 2.75) is 51.5 Å². The van der Waals surface area contributed by atoms with Crippen LogP contribution in [0.15, 0.2) is 34.7 Å². The molecule has 1 aromatic heterocycles. The zero-order chi connectivity index (χ0) is 19.8. The number of aliphatic imine (C=N–C) groups is 1. The van der Waals surface area contributed by atoms with Gasteiger partial charge in [0, 0.05) is 31.7 Å². The minimum absolute atomic E-state index is 0.0324. The maximum Gasteiger partial charge on any atom is 0.239 e. The van der Waals surface area contributed by atoms with Crippen LogP contribution in [0, 0.1) is 0 Å². The number of carbonyl (C=O) groups is 1. The lowest BCUT2D eigenvalue weighted by Crippen LogP contribution is -2.45. The van der Waals surface area contributed by atoms with E-state index >= 15 is 0 Å². The van der Waals surface area contributed by atoms with Crippen LogP contribution in [0.1, 0.15) is 51.1 Å². The first-order valence-electron chi connectivity index (χ1n) is 9.55. The summed E-state index contributed by atoms with van der Waals surface area (Å²) in [6.07, 6.45) is 3.86. The summed E-state index contributed by atoms with van der Waals surface area (Å²) in [5.74, 6) is 1.18. The van der Waals surface area contributed by atoms with Crippen molar-refractivity contribution in [2.75, 3.05) is 25.5 Å². The van der Waals surface area contributed by atoms with Crippen molar-refractivity contribution in [3.05, 3.63) is 35.4 Å². The minimum Gasteiger partial charge on any atom is -0.341 e. The lowest BCUT2D eigenvalue weighted by molar-refractivity contribution is -0.133. The Morgan fingerprint density at radius 2 is 2.19 bits per heavy atom. The monoisotopic (exact) mass is 389 g/mol. The van der Waals surface area contributed by atoms with Crippen LogP contribution in [0.25, 0.3) is 0 Å². The highest BCUT2D eigenvalue weighted by atomic mass is 32.2. The number of carbonyl (C=O) groups excluding carboxylic acids is 1. The number of anilines is 1. The Morgan fingerprint density at radius 1 is 1.48 bits per heavy atom. The molecule has 0 unspecified atom stereocenters. The third-order valence-corrected chi connectivity index (χ3v) is 5.56. The first kappa shape index (κ1) is 21.4. The summed E-state index contributed by atoms with van der Waals surface area (Å²) in [6, 6.07) is 5.60. The molecule has 2 heterocycles. The molecule has 0 radical (unpaired) electrons. The molecule has 148 valence electrons. The maximum absolute atomic E-state index is 12.0. The summed E-state index contributed by atoms with van der Waals surface area (Å²) in [7, 11) is 1.77. The van der Waals surface area contributed by atoms with E-state index in [4.69, 9.17) is 10.7 Å². The molecule has 1 amide bonds. The number of nitrogens with zero attached hydrogens (tertiary/aromatic N) is 3. The molecule has 0 saturated carbocycles. The number of nitrogens with one attached hydrogen (secondary N) is 1. The number of allylic oxidation sites excluding steroid dienone is 1. The number of amides is 1. The maximum atomic E-state index is 12.0. The predicted molar refractivity (Wildman–Crippen MR) is 115 cm³/mol. The zero-order valence-corrected chi connectivity index (χ0v) is 17.4. The van der Waals surface area contributed by atoms with Gasteiger partial charge in [0.2, 0.25) is 5.91 Å². The molecule has 1 aliphatic heterocycles. The largest absolute Gasteiger partial charge is 0.341 e. The summed E-state index contributed by atoms with van der Waals surface area (Å²) in [5, 5.41) is 4.10. The topological polar surface area (TPSA) is 83.6 Å². The van der Waals surface area contributed by atoms with Gasteiger partial charge in [-0.15, -0.1) is 0 Å². The van der Waals surface area contributed by atoms with Crippen LogP contribution in [0.3, 0.4) is 0 Å². The Labute approximate surface area is 166 Å². The number of likely N-dealkylation sites (tertiary alicyclic amines) is 1. The number of amidine groups is 1. The molecule has 1 atom stereocenters. The highest BCUT2D eigenvalue weighted by molar-refractivity contribution is 8.17. The van der Waals surface area contributed by atoms with E-state index in [1.165, 1.54) is 0 Å². The van der Waals surface area contributed by atoms with Crippen molar-refractivity contribution < 1.29 is 4.79 Å². The second-order valence-corrected chi connectivity index (χ2v) is 8.05. The summed E-state index contributed by atoms with van der Waals surface area (Å²) in [4.78, 5) is 24.1. The second-order valence-electron chi connectivity index (χ2n) is 6.88. The van der Waals surface area contributed by atoms with Crippen molar-refractivity contribution in [3.63, 3.8) is 0 Å². The molecule has 0 spiro atoms. The third kappa shape index (κ3) is 6.36. The molecule has 1 aliphatic rings. The second kappa shape index (κ2) is 10.5. The molecule has 1 aromatic rings. The van der Waals surface area contributed by atoms with Gasteiger partial charge in [-0.05, 0) is 43.2 Å². The van der Waals surface area contributed by atoms with Crippen molar-refractivity contribution in [2.24, 2.45) is 10.7 Å². The average Bonchev–Trinajstić information content (AvgIpc) is 2.67. The Kier molecular flexibility index (Phi) is 8.31. The number of thioether (sulfide) groups is 1. The van der Waals surface area contributed by atoms with Crippen LogP contribution in [0.2, 0.25) is 0 Å². The molecule has 1 saturated heterocycles. The summed E-state index contributed by atoms with van der Waals surface area (Å²) >= 11 is 1.56. The summed E-state index contributed by atoms with van der Waals surface area (Å²) in [6.45, 7) is 9.43. The zero-order valence-electron chi connectivity index (χ0n) is 16.6. The molecule has 27 heavy (non-hydrogen) atoms. The Bertz CT molecular complexity index is 681.